The maximum Gasteiger partial charge on any atom is 1.00 e. The van der Waals surface area contributed by atoms with Crippen molar-refractivity contribution in [2.75, 3.05) is 0 Å². The summed E-state index contributed by atoms with van der Waals surface area (Å²) in [4.78, 5) is 23.4. The number of carbonyl (C=O) groups is 2. The van der Waals surface area contributed by atoms with Gasteiger partial charge in [-0.15, -0.1) is 0 Å². The molecule has 0 unspecified atom stereocenters. The number of hydrogen-bond acceptors (Lipinski definition) is 7. The molecule has 0 saturated carbocycles. The van der Waals surface area contributed by atoms with E-state index < -0.39 is 19.3 Å². The van der Waals surface area contributed by atoms with E-state index in [9.17, 15) is 18.6 Å². The van der Waals surface area contributed by atoms with Crippen molar-refractivity contribution < 1.29 is 106 Å². The topological polar surface area (TPSA) is 113 Å². The van der Waals surface area contributed by atoms with E-state index in [1.54, 1.807) is 0 Å². The van der Waals surface area contributed by atoms with Gasteiger partial charge in [0.05, 0.1) is 0 Å². The Morgan fingerprint density at radius 2 is 1.14 bits per heavy atom. The molecule has 0 heterocycles. The van der Waals surface area contributed by atoms with Crippen LogP contribution in [0.2, 0.25) is 0 Å². The molecule has 74 valence electrons. The Bertz CT molecular complexity index is 149. The van der Waals surface area contributed by atoms with Crippen molar-refractivity contribution in [3.63, 3.8) is 0 Å². The van der Waals surface area contributed by atoms with Crippen molar-refractivity contribution in [2.45, 2.75) is 0 Å². The molecule has 0 fully saturated rings. The average Bonchev–Trinajstić information content (AvgIpc) is 2.00. The van der Waals surface area contributed by atoms with Crippen LogP contribution >= 0.6 is 0 Å². The second-order valence-corrected chi connectivity index (χ2v) is 1.08. The van der Waals surface area contributed by atoms with Gasteiger partial charge < -0.3 is 17.9 Å². The fraction of sp³-hybridized carbons (Fsp3) is 0. The van der Waals surface area contributed by atoms with E-state index in [1.165, 1.54) is 0 Å². The molecule has 0 amide bonds. The summed E-state index contributed by atoms with van der Waals surface area (Å²) in [5.41, 5.74) is 0. The molecule has 0 aromatic rings. The predicted molar refractivity (Wildman–Crippen MR) is 29.0 cm³/mol. The van der Waals surface area contributed by atoms with E-state index in [-0.39, 0.29) is 62.0 Å². The normalized spacial score (nSPS) is 6.36. The minimum Gasteiger partial charge on any atom is -1.00 e. The monoisotopic (exact) mass is 236 g/mol. The Balaban J connectivity index is -0.0000000281. The first-order valence-corrected chi connectivity index (χ1v) is 2.15. The van der Waals surface area contributed by atoms with E-state index in [0.29, 0.717) is 0 Å². The van der Waals surface area contributed by atoms with E-state index >= 15 is 0 Å². The van der Waals surface area contributed by atoms with Crippen LogP contribution in [-0.4, -0.2) is 34.3 Å². The Labute approximate surface area is 124 Å². The van der Waals surface area contributed by atoms with Crippen LogP contribution in [0.5, 0.6) is 0 Å². The third-order valence-corrected chi connectivity index (χ3v) is 0.307. The summed E-state index contributed by atoms with van der Waals surface area (Å²) < 4.78 is 21.0. The predicted octanol–water partition coefficient (Wildman–Crippen LogP) is -7.98. The molecule has 0 saturated heterocycles. The molecule has 14 heavy (non-hydrogen) atoms. The van der Waals surface area contributed by atoms with Crippen molar-refractivity contribution in [3.05, 3.63) is 0 Å². The molecule has 0 aromatic carbocycles. The van der Waals surface area contributed by atoms with Crippen LogP contribution in [0, 0.1) is 0 Å². The first-order chi connectivity index (χ1) is 5.45. The number of halogens is 2. The minimum absolute atomic E-state index is 0. The Morgan fingerprint density at radius 3 is 1.21 bits per heavy atom. The maximum absolute atomic E-state index is 10.5. The van der Waals surface area contributed by atoms with Gasteiger partial charge >= 0.3 is 78.4 Å². The van der Waals surface area contributed by atoms with Crippen molar-refractivity contribution in [2.24, 2.45) is 0 Å². The zero-order valence-electron chi connectivity index (χ0n) is 9.31. The van der Waals surface area contributed by atoms with E-state index in [2.05, 4.69) is 9.88 Å². The summed E-state index contributed by atoms with van der Waals surface area (Å²) >= 11 is 0. The third-order valence-electron chi connectivity index (χ3n) is 0.307. The molecule has 3 N–H and O–H groups in total. The smallest absolute Gasteiger partial charge is 1.00 e. The van der Waals surface area contributed by atoms with Crippen LogP contribution < -0.4 is 59.1 Å². The largest absolute Gasteiger partial charge is 1.00 e. The molecule has 0 aliphatic carbocycles. The van der Waals surface area contributed by atoms with Crippen molar-refractivity contribution in [1.29, 1.82) is 0 Å². The van der Waals surface area contributed by atoms with Gasteiger partial charge in [-0.2, -0.15) is 0 Å². The molecule has 7 nitrogen and oxygen atoms in total. The van der Waals surface area contributed by atoms with E-state index in [4.69, 9.17) is 15.1 Å². The first kappa shape index (κ1) is 24.1. The summed E-state index contributed by atoms with van der Waals surface area (Å²) in [6, 6.07) is 0. The Morgan fingerprint density at radius 1 is 1.00 bits per heavy atom. The van der Waals surface area contributed by atoms with Gasteiger partial charge in [-0.3, -0.25) is 0 Å². The number of rotatable bonds is 0. The molecule has 0 aliphatic rings. The average molecular weight is 236 g/mol. The van der Waals surface area contributed by atoms with Crippen molar-refractivity contribution in [1.82, 2.24) is 0 Å². The number of hydrogen-bond donors (Lipinski definition) is 3. The molecule has 0 bridgehead atoms. The van der Waals surface area contributed by atoms with Gasteiger partial charge in [-0.05, 0) is 0 Å². The third kappa shape index (κ3) is 23.0. The molecular formula is C2H5BF2Na2O7. The van der Waals surface area contributed by atoms with Gasteiger partial charge in [0.2, 0.25) is 0 Å². The molecule has 12 heteroatoms. The van der Waals surface area contributed by atoms with Crippen molar-refractivity contribution in [3.8, 4) is 0 Å². The number of carbonyl (C=O) groups excluding carboxylic acids is 2. The maximum atomic E-state index is 10.5. The Kier molecular flexibility index (Phi) is 27.9. The summed E-state index contributed by atoms with van der Waals surface area (Å²) in [6.07, 6.45) is 0. The molecule has 0 spiro atoms. The quantitative estimate of drug-likeness (QED) is 0.282. The van der Waals surface area contributed by atoms with Crippen LogP contribution in [0.1, 0.15) is 2.85 Å². The zero-order chi connectivity index (χ0) is 10.1. The summed E-state index contributed by atoms with van der Waals surface area (Å²) in [6.45, 7) is 0. The van der Waals surface area contributed by atoms with Gasteiger partial charge in [0.25, 0.3) is 0 Å². The zero-order valence-corrected chi connectivity index (χ0v) is 11.3. The molecule has 0 aliphatic heterocycles. The first-order valence-electron chi connectivity index (χ1n) is 2.15. The molecular weight excluding hydrogens is 231 g/mol. The second-order valence-electron chi connectivity index (χ2n) is 1.08. The molecule has 0 rings (SSSR count). The van der Waals surface area contributed by atoms with Gasteiger partial charge in [-0.1, -0.05) is 0 Å². The molecule has 0 atom stereocenters. The van der Waals surface area contributed by atoms with Gasteiger partial charge in [0.1, 0.15) is 0 Å². The van der Waals surface area contributed by atoms with Crippen molar-refractivity contribution >= 4 is 19.3 Å². The molecule has 0 radical (unpaired) electrons. The van der Waals surface area contributed by atoms with Crippen LogP contribution in [0.25, 0.3) is 0 Å². The van der Waals surface area contributed by atoms with E-state index in [1.807, 2.05) is 0 Å². The summed E-state index contributed by atoms with van der Waals surface area (Å²) in [7, 11) is -2.17. The molecule has 0 aromatic heterocycles. The van der Waals surface area contributed by atoms with Crippen LogP contribution in [-0.2, 0) is 19.5 Å². The minimum atomic E-state index is -2.17. The standard InChI is InChI=1S/C2F2O4.BH3O3.2Na.2H/c3-7-1(5)2(6)8-4;2-1(3)4;;;;/h;2-4H;;;;/q;;2*+1;2*-1. The second kappa shape index (κ2) is 16.2. The fourth-order valence-corrected chi connectivity index (χ4v) is 0.0630. The van der Waals surface area contributed by atoms with Crippen LogP contribution in [0.4, 0.5) is 9.05 Å². The van der Waals surface area contributed by atoms with E-state index in [0.717, 1.165) is 0 Å². The van der Waals surface area contributed by atoms with Gasteiger partial charge in [0, 0.05) is 9.05 Å². The fourth-order valence-electron chi connectivity index (χ4n) is 0.0630. The van der Waals surface area contributed by atoms with Gasteiger partial charge in [0.15, 0.2) is 0 Å². The Hall–Kier alpha value is 0.745. The van der Waals surface area contributed by atoms with Gasteiger partial charge in [-0.25, -0.2) is 19.5 Å². The van der Waals surface area contributed by atoms with Crippen LogP contribution in [0.15, 0.2) is 0 Å². The summed E-state index contributed by atoms with van der Waals surface area (Å²) in [5.74, 6) is -4.04. The SMILES string of the molecule is O=C(OF)C(=O)OF.OB(O)O.[H-].[H-].[Na+].[Na+]. The summed E-state index contributed by atoms with van der Waals surface area (Å²) in [5, 5.41) is 21.5. The van der Waals surface area contributed by atoms with Crippen LogP contribution in [0.3, 0.4) is 0 Å².